The predicted octanol–water partition coefficient (Wildman–Crippen LogP) is 3.23. The molecule has 0 saturated carbocycles. The second-order valence-corrected chi connectivity index (χ2v) is 5.62. The van der Waals surface area contributed by atoms with Crippen LogP contribution in [0.15, 0.2) is 67.0 Å². The van der Waals surface area contributed by atoms with Crippen LogP contribution in [0.2, 0.25) is 0 Å². The number of hydrogen-bond acceptors (Lipinski definition) is 3. The van der Waals surface area contributed by atoms with Gasteiger partial charge >= 0.3 is 5.97 Å². The molecule has 0 unspecified atom stereocenters. The van der Waals surface area contributed by atoms with Gasteiger partial charge in [0, 0.05) is 18.1 Å². The minimum Gasteiger partial charge on any atom is -0.478 e. The predicted molar refractivity (Wildman–Crippen MR) is 96.2 cm³/mol. The van der Waals surface area contributed by atoms with Gasteiger partial charge in [-0.3, -0.25) is 4.79 Å². The molecule has 1 aromatic heterocycles. The van der Waals surface area contributed by atoms with Crippen molar-refractivity contribution in [3.63, 3.8) is 0 Å². The summed E-state index contributed by atoms with van der Waals surface area (Å²) in [5.74, 6) is -1.42. The number of nitriles is 1. The van der Waals surface area contributed by atoms with Gasteiger partial charge in [0.1, 0.15) is 6.07 Å². The monoisotopic (exact) mass is 345 g/mol. The molecule has 0 aliphatic carbocycles. The van der Waals surface area contributed by atoms with Gasteiger partial charge in [0.25, 0.3) is 0 Å². The number of anilines is 1. The Balaban J connectivity index is 1.78. The highest BCUT2D eigenvalue weighted by Crippen LogP contribution is 2.20. The molecule has 3 aromatic rings. The highest BCUT2D eigenvalue weighted by atomic mass is 16.4. The number of aromatic carboxylic acids is 1. The van der Waals surface area contributed by atoms with Crippen LogP contribution in [-0.4, -0.2) is 21.6 Å². The summed E-state index contributed by atoms with van der Waals surface area (Å²) in [4.78, 5) is 23.5. The molecule has 2 aromatic carbocycles. The number of aromatic nitrogens is 1. The fourth-order valence-electron chi connectivity index (χ4n) is 2.68. The van der Waals surface area contributed by atoms with E-state index in [0.29, 0.717) is 22.5 Å². The van der Waals surface area contributed by atoms with E-state index in [9.17, 15) is 20.0 Å². The first-order valence-corrected chi connectivity index (χ1v) is 7.87. The molecule has 0 spiro atoms. The summed E-state index contributed by atoms with van der Waals surface area (Å²) in [6, 6.07) is 17.3. The lowest BCUT2D eigenvalue weighted by molar-refractivity contribution is -0.115. The number of rotatable bonds is 5. The molecule has 0 aliphatic rings. The number of benzene rings is 2. The van der Waals surface area contributed by atoms with E-state index in [1.54, 1.807) is 36.4 Å². The standard InChI is InChI=1S/C20H15N3O3/c21-13-15-11-16(7-8-18(15)23-9-3-4-10-23)22-19(24)12-14-5-1-2-6-17(14)20(25)26/h1-11H,12H2,(H,22,24)(H,25,26). The van der Waals surface area contributed by atoms with Crippen molar-refractivity contribution in [2.45, 2.75) is 6.42 Å². The Hall–Kier alpha value is -3.85. The smallest absolute Gasteiger partial charge is 0.335 e. The summed E-state index contributed by atoms with van der Waals surface area (Å²) < 4.78 is 1.81. The Labute approximate surface area is 149 Å². The van der Waals surface area contributed by atoms with E-state index in [1.807, 2.05) is 29.1 Å². The van der Waals surface area contributed by atoms with Crippen LogP contribution in [0.4, 0.5) is 5.69 Å². The molecule has 6 nitrogen and oxygen atoms in total. The fourth-order valence-corrected chi connectivity index (χ4v) is 2.68. The van der Waals surface area contributed by atoms with Crippen molar-refractivity contribution in [3.05, 3.63) is 83.7 Å². The third-order valence-electron chi connectivity index (χ3n) is 3.88. The summed E-state index contributed by atoms with van der Waals surface area (Å²) in [6.07, 6.45) is 3.60. The zero-order chi connectivity index (χ0) is 18.5. The van der Waals surface area contributed by atoms with Crippen LogP contribution in [0.3, 0.4) is 0 Å². The number of carbonyl (C=O) groups excluding carboxylic acids is 1. The number of hydrogen-bond donors (Lipinski definition) is 2. The Kier molecular flexibility index (Phi) is 4.81. The molecule has 128 valence electrons. The average Bonchev–Trinajstić information content (AvgIpc) is 3.16. The molecule has 0 bridgehead atoms. The highest BCUT2D eigenvalue weighted by Gasteiger charge is 2.13. The number of carboxylic acids is 1. The maximum atomic E-state index is 12.3. The van der Waals surface area contributed by atoms with Gasteiger partial charge in [-0.05, 0) is 42.0 Å². The highest BCUT2D eigenvalue weighted by molar-refractivity contribution is 5.96. The van der Waals surface area contributed by atoms with Crippen molar-refractivity contribution in [1.82, 2.24) is 4.57 Å². The normalized spacial score (nSPS) is 10.1. The molecule has 3 rings (SSSR count). The van der Waals surface area contributed by atoms with Crippen LogP contribution in [0.1, 0.15) is 21.5 Å². The average molecular weight is 345 g/mol. The van der Waals surface area contributed by atoms with E-state index in [0.717, 1.165) is 0 Å². The van der Waals surface area contributed by atoms with Crippen LogP contribution < -0.4 is 5.32 Å². The van der Waals surface area contributed by atoms with Crippen molar-refractivity contribution >= 4 is 17.6 Å². The Morgan fingerprint density at radius 1 is 1.08 bits per heavy atom. The number of carbonyl (C=O) groups is 2. The van der Waals surface area contributed by atoms with Crippen LogP contribution in [0.25, 0.3) is 5.69 Å². The lowest BCUT2D eigenvalue weighted by atomic mass is 10.0. The van der Waals surface area contributed by atoms with E-state index in [-0.39, 0.29) is 17.9 Å². The first-order chi connectivity index (χ1) is 12.6. The van der Waals surface area contributed by atoms with Gasteiger partial charge in [0.2, 0.25) is 5.91 Å². The Morgan fingerprint density at radius 3 is 2.50 bits per heavy atom. The maximum absolute atomic E-state index is 12.3. The van der Waals surface area contributed by atoms with Crippen molar-refractivity contribution in [3.8, 4) is 11.8 Å². The molecule has 1 amide bonds. The topological polar surface area (TPSA) is 95.1 Å². The second-order valence-electron chi connectivity index (χ2n) is 5.62. The molecule has 2 N–H and O–H groups in total. The van der Waals surface area contributed by atoms with Gasteiger partial charge in [-0.1, -0.05) is 18.2 Å². The van der Waals surface area contributed by atoms with Gasteiger partial charge in [-0.15, -0.1) is 0 Å². The molecule has 26 heavy (non-hydrogen) atoms. The van der Waals surface area contributed by atoms with E-state index < -0.39 is 5.97 Å². The number of carboxylic acid groups (broad SMARTS) is 1. The Bertz CT molecular complexity index is 1000. The van der Waals surface area contributed by atoms with Crippen molar-refractivity contribution in [2.75, 3.05) is 5.32 Å². The number of nitrogens with zero attached hydrogens (tertiary/aromatic N) is 2. The second kappa shape index (κ2) is 7.36. The van der Waals surface area contributed by atoms with Crippen LogP contribution in [0.5, 0.6) is 0 Å². The van der Waals surface area contributed by atoms with Crippen molar-refractivity contribution in [2.24, 2.45) is 0 Å². The first-order valence-electron chi connectivity index (χ1n) is 7.87. The summed E-state index contributed by atoms with van der Waals surface area (Å²) in [7, 11) is 0. The van der Waals surface area contributed by atoms with Gasteiger partial charge in [-0.25, -0.2) is 4.79 Å². The molecular weight excluding hydrogens is 330 g/mol. The molecule has 1 heterocycles. The van der Waals surface area contributed by atoms with Crippen molar-refractivity contribution < 1.29 is 14.7 Å². The van der Waals surface area contributed by atoms with Crippen LogP contribution >= 0.6 is 0 Å². The summed E-state index contributed by atoms with van der Waals surface area (Å²) >= 11 is 0. The molecule has 0 atom stereocenters. The summed E-state index contributed by atoms with van der Waals surface area (Å²) in [6.45, 7) is 0. The number of nitrogens with one attached hydrogen (secondary N) is 1. The van der Waals surface area contributed by atoms with Crippen molar-refractivity contribution in [1.29, 1.82) is 5.26 Å². The van der Waals surface area contributed by atoms with E-state index >= 15 is 0 Å². The van der Waals surface area contributed by atoms with E-state index in [2.05, 4.69) is 11.4 Å². The summed E-state index contributed by atoms with van der Waals surface area (Å²) in [5.41, 5.74) is 2.15. The lowest BCUT2D eigenvalue weighted by Gasteiger charge is -2.10. The van der Waals surface area contributed by atoms with Crippen LogP contribution in [0, 0.1) is 11.3 Å². The van der Waals surface area contributed by atoms with Crippen LogP contribution in [-0.2, 0) is 11.2 Å². The zero-order valence-electron chi connectivity index (χ0n) is 13.7. The quantitative estimate of drug-likeness (QED) is 0.742. The maximum Gasteiger partial charge on any atom is 0.335 e. The van der Waals surface area contributed by atoms with Gasteiger partial charge in [0.05, 0.1) is 23.2 Å². The first kappa shape index (κ1) is 17.0. The molecule has 0 radical (unpaired) electrons. The molecule has 6 heteroatoms. The third-order valence-corrected chi connectivity index (χ3v) is 3.88. The molecule has 0 fully saturated rings. The summed E-state index contributed by atoms with van der Waals surface area (Å²) in [5, 5.41) is 21.3. The fraction of sp³-hybridized carbons (Fsp3) is 0.0500. The zero-order valence-corrected chi connectivity index (χ0v) is 13.7. The number of amides is 1. The minimum atomic E-state index is -1.07. The van der Waals surface area contributed by atoms with Gasteiger partial charge in [0.15, 0.2) is 0 Å². The van der Waals surface area contributed by atoms with Gasteiger partial charge in [-0.2, -0.15) is 5.26 Å². The van der Waals surface area contributed by atoms with E-state index in [4.69, 9.17) is 0 Å². The largest absolute Gasteiger partial charge is 0.478 e. The van der Waals surface area contributed by atoms with E-state index in [1.165, 1.54) is 6.07 Å². The molecular formula is C20H15N3O3. The minimum absolute atomic E-state index is 0.0658. The molecule has 0 aliphatic heterocycles. The Morgan fingerprint density at radius 2 is 1.81 bits per heavy atom. The lowest BCUT2D eigenvalue weighted by Crippen LogP contribution is -2.16. The third kappa shape index (κ3) is 3.62. The van der Waals surface area contributed by atoms with Gasteiger partial charge < -0.3 is 15.0 Å². The molecule has 0 saturated heterocycles. The SMILES string of the molecule is N#Cc1cc(NC(=O)Cc2ccccc2C(=O)O)ccc1-n1cccc1.